The number of halogens is 2. The lowest BCUT2D eigenvalue weighted by Crippen LogP contribution is -2.35. The van der Waals surface area contributed by atoms with E-state index in [-0.39, 0.29) is 12.5 Å². The molecular formula is C13H17Cl2NO3. The summed E-state index contributed by atoms with van der Waals surface area (Å²) in [6, 6.07) is 4.72. The summed E-state index contributed by atoms with van der Waals surface area (Å²) in [4.78, 5) is 11.9. The molecule has 0 fully saturated rings. The summed E-state index contributed by atoms with van der Waals surface area (Å²) in [7, 11) is 0. The van der Waals surface area contributed by atoms with Crippen molar-refractivity contribution in [2.45, 2.75) is 20.1 Å². The normalized spacial score (nSPS) is 10.8. The summed E-state index contributed by atoms with van der Waals surface area (Å²) in [5.41, 5.74) is 0.446. The zero-order chi connectivity index (χ0) is 14.3. The molecule has 0 aromatic heterocycles. The Morgan fingerprint density at radius 2 is 1.84 bits per heavy atom. The van der Waals surface area contributed by atoms with Gasteiger partial charge in [0.2, 0.25) is 0 Å². The van der Waals surface area contributed by atoms with E-state index in [4.69, 9.17) is 32.7 Å². The molecule has 0 aliphatic heterocycles. The molecule has 1 aromatic rings. The molecular weight excluding hydrogens is 289 g/mol. The first-order valence-electron chi connectivity index (χ1n) is 6.04. The van der Waals surface area contributed by atoms with Crippen LogP contribution in [-0.4, -0.2) is 32.0 Å². The maximum absolute atomic E-state index is 11.9. The Kier molecular flexibility index (Phi) is 7.16. The standard InChI is InChI=1S/C13H17Cl2NO3/c1-3-18-12(19-4-2)8-16-13(17)9-5-6-10(14)11(15)7-9/h5-7,12H,3-4,8H2,1-2H3,(H,16,17). The van der Waals surface area contributed by atoms with E-state index in [0.29, 0.717) is 28.8 Å². The number of hydrogen-bond acceptors (Lipinski definition) is 3. The van der Waals surface area contributed by atoms with Crippen molar-refractivity contribution in [3.05, 3.63) is 33.8 Å². The summed E-state index contributed by atoms with van der Waals surface area (Å²) in [6.07, 6.45) is -0.443. The van der Waals surface area contributed by atoms with Gasteiger partial charge >= 0.3 is 0 Å². The Bertz CT molecular complexity index is 420. The summed E-state index contributed by atoms with van der Waals surface area (Å²) < 4.78 is 10.7. The van der Waals surface area contributed by atoms with Crippen LogP contribution in [0, 0.1) is 0 Å². The Hall–Kier alpha value is -0.810. The molecule has 106 valence electrons. The monoisotopic (exact) mass is 305 g/mol. The van der Waals surface area contributed by atoms with Gasteiger partial charge in [-0.25, -0.2) is 0 Å². The van der Waals surface area contributed by atoms with Gasteiger partial charge in [-0.3, -0.25) is 4.79 Å². The van der Waals surface area contributed by atoms with E-state index in [2.05, 4.69) is 5.32 Å². The molecule has 0 bridgehead atoms. The third-order valence-electron chi connectivity index (χ3n) is 2.32. The van der Waals surface area contributed by atoms with Crippen molar-refractivity contribution < 1.29 is 14.3 Å². The number of ether oxygens (including phenoxy) is 2. The minimum Gasteiger partial charge on any atom is -0.351 e. The van der Waals surface area contributed by atoms with E-state index in [9.17, 15) is 4.79 Å². The molecule has 4 nitrogen and oxygen atoms in total. The van der Waals surface area contributed by atoms with Crippen LogP contribution >= 0.6 is 23.2 Å². The smallest absolute Gasteiger partial charge is 0.251 e. The molecule has 0 aliphatic carbocycles. The third-order valence-corrected chi connectivity index (χ3v) is 3.06. The van der Waals surface area contributed by atoms with Crippen LogP contribution in [0.25, 0.3) is 0 Å². The molecule has 0 saturated carbocycles. The second-order valence-corrected chi connectivity index (χ2v) is 4.49. The van der Waals surface area contributed by atoms with Crippen LogP contribution in [0.2, 0.25) is 10.0 Å². The van der Waals surface area contributed by atoms with E-state index >= 15 is 0 Å². The Labute approximate surface area is 123 Å². The van der Waals surface area contributed by atoms with Crippen LogP contribution in [0.1, 0.15) is 24.2 Å². The van der Waals surface area contributed by atoms with Gasteiger partial charge in [0.25, 0.3) is 5.91 Å². The molecule has 0 atom stereocenters. The molecule has 0 aliphatic rings. The molecule has 1 N–H and O–H groups in total. The summed E-state index contributed by atoms with van der Waals surface area (Å²) in [5, 5.41) is 3.49. The van der Waals surface area contributed by atoms with Crippen molar-refractivity contribution in [3.63, 3.8) is 0 Å². The van der Waals surface area contributed by atoms with Crippen LogP contribution in [-0.2, 0) is 9.47 Å². The van der Waals surface area contributed by atoms with Crippen LogP contribution in [0.5, 0.6) is 0 Å². The first kappa shape index (κ1) is 16.2. The van der Waals surface area contributed by atoms with E-state index in [1.807, 2.05) is 13.8 Å². The largest absolute Gasteiger partial charge is 0.351 e. The molecule has 6 heteroatoms. The van der Waals surface area contributed by atoms with E-state index in [0.717, 1.165) is 0 Å². The van der Waals surface area contributed by atoms with Gasteiger partial charge in [0.05, 0.1) is 16.6 Å². The van der Waals surface area contributed by atoms with Crippen LogP contribution < -0.4 is 5.32 Å². The number of hydrogen-bond donors (Lipinski definition) is 1. The van der Waals surface area contributed by atoms with Crippen LogP contribution in [0.3, 0.4) is 0 Å². The average molecular weight is 306 g/mol. The summed E-state index contributed by atoms with van der Waals surface area (Å²) in [6.45, 7) is 5.06. The molecule has 0 radical (unpaired) electrons. The lowest BCUT2D eigenvalue weighted by atomic mass is 10.2. The lowest BCUT2D eigenvalue weighted by Gasteiger charge is -2.17. The highest BCUT2D eigenvalue weighted by molar-refractivity contribution is 6.42. The second-order valence-electron chi connectivity index (χ2n) is 3.68. The first-order valence-corrected chi connectivity index (χ1v) is 6.80. The van der Waals surface area contributed by atoms with E-state index in [1.54, 1.807) is 12.1 Å². The highest BCUT2D eigenvalue weighted by Gasteiger charge is 2.12. The summed E-state index contributed by atoms with van der Waals surface area (Å²) >= 11 is 11.7. The van der Waals surface area contributed by atoms with Gasteiger partial charge in [0, 0.05) is 18.8 Å². The van der Waals surface area contributed by atoms with Gasteiger partial charge in [-0.05, 0) is 32.0 Å². The van der Waals surface area contributed by atoms with Gasteiger partial charge in [0.1, 0.15) is 0 Å². The fourth-order valence-corrected chi connectivity index (χ4v) is 1.75. The fraction of sp³-hybridized carbons (Fsp3) is 0.462. The summed E-state index contributed by atoms with van der Waals surface area (Å²) in [5.74, 6) is -0.247. The maximum Gasteiger partial charge on any atom is 0.251 e. The molecule has 0 heterocycles. The highest BCUT2D eigenvalue weighted by Crippen LogP contribution is 2.22. The predicted molar refractivity (Wildman–Crippen MR) is 75.8 cm³/mol. The Morgan fingerprint density at radius 3 is 2.37 bits per heavy atom. The number of carbonyl (C=O) groups excluding carboxylic acids is 1. The molecule has 1 aromatic carbocycles. The Balaban J connectivity index is 2.56. The third kappa shape index (κ3) is 5.37. The second kappa shape index (κ2) is 8.38. The van der Waals surface area contributed by atoms with E-state index < -0.39 is 6.29 Å². The SMILES string of the molecule is CCOC(CNC(=O)c1ccc(Cl)c(Cl)c1)OCC. The van der Waals surface area contributed by atoms with Gasteiger partial charge in [-0.15, -0.1) is 0 Å². The zero-order valence-corrected chi connectivity index (χ0v) is 12.4. The molecule has 0 unspecified atom stereocenters. The van der Waals surface area contributed by atoms with Crippen molar-refractivity contribution >= 4 is 29.1 Å². The van der Waals surface area contributed by atoms with Crippen molar-refractivity contribution in [2.24, 2.45) is 0 Å². The van der Waals surface area contributed by atoms with Crippen LogP contribution in [0.15, 0.2) is 18.2 Å². The van der Waals surface area contributed by atoms with Gasteiger partial charge in [-0.1, -0.05) is 23.2 Å². The Morgan fingerprint density at radius 1 is 1.21 bits per heavy atom. The number of benzene rings is 1. The van der Waals surface area contributed by atoms with Crippen molar-refractivity contribution in [1.29, 1.82) is 0 Å². The van der Waals surface area contributed by atoms with Gasteiger partial charge < -0.3 is 14.8 Å². The first-order chi connectivity index (χ1) is 9.08. The molecule has 0 spiro atoms. The minimum atomic E-state index is -0.443. The average Bonchev–Trinajstić information content (AvgIpc) is 2.39. The van der Waals surface area contributed by atoms with Gasteiger partial charge in [-0.2, -0.15) is 0 Å². The molecule has 0 saturated heterocycles. The maximum atomic E-state index is 11.9. The van der Waals surface area contributed by atoms with Crippen molar-refractivity contribution in [1.82, 2.24) is 5.32 Å². The lowest BCUT2D eigenvalue weighted by molar-refractivity contribution is -0.131. The fourth-order valence-electron chi connectivity index (χ4n) is 1.45. The zero-order valence-electron chi connectivity index (χ0n) is 10.9. The van der Waals surface area contributed by atoms with E-state index in [1.165, 1.54) is 6.07 Å². The van der Waals surface area contributed by atoms with Crippen molar-refractivity contribution in [3.8, 4) is 0 Å². The predicted octanol–water partition coefficient (Wildman–Crippen LogP) is 3.12. The highest BCUT2D eigenvalue weighted by atomic mass is 35.5. The number of amides is 1. The quantitative estimate of drug-likeness (QED) is 0.787. The molecule has 1 rings (SSSR count). The molecule has 1 amide bonds. The minimum absolute atomic E-state index is 0.247. The number of rotatable bonds is 7. The topological polar surface area (TPSA) is 47.6 Å². The number of nitrogens with one attached hydrogen (secondary N) is 1. The van der Waals surface area contributed by atoms with Crippen LogP contribution in [0.4, 0.5) is 0 Å². The number of carbonyl (C=O) groups is 1. The molecule has 19 heavy (non-hydrogen) atoms. The van der Waals surface area contributed by atoms with Gasteiger partial charge in [0.15, 0.2) is 6.29 Å². The van der Waals surface area contributed by atoms with Crippen molar-refractivity contribution in [2.75, 3.05) is 19.8 Å².